The Bertz CT molecular complexity index is 1760. The number of aryl methyl sites for hydroxylation is 1. The fourth-order valence-corrected chi connectivity index (χ4v) is 7.50. The van der Waals surface area contributed by atoms with E-state index in [0.717, 1.165) is 46.7 Å². The van der Waals surface area contributed by atoms with Gasteiger partial charge in [0.15, 0.2) is 0 Å². The Kier molecular flexibility index (Phi) is 11.0. The van der Waals surface area contributed by atoms with Crippen molar-refractivity contribution >= 4 is 50.7 Å². The second-order valence-electron chi connectivity index (χ2n) is 11.6. The van der Waals surface area contributed by atoms with Crippen molar-refractivity contribution in [3.8, 4) is 0 Å². The van der Waals surface area contributed by atoms with Crippen LogP contribution in [0.5, 0.6) is 0 Å². The van der Waals surface area contributed by atoms with Crippen LogP contribution < -0.4 is 9.62 Å². The lowest BCUT2D eigenvalue weighted by molar-refractivity contribution is -0.140. The molecule has 10 heteroatoms. The number of nitrogens with zero attached hydrogens (tertiary/aromatic N) is 2. The highest BCUT2D eigenvalue weighted by atomic mass is 35.5. The molecule has 1 aliphatic carbocycles. The first-order valence-corrected chi connectivity index (χ1v) is 17.5. The number of halogens is 2. The maximum atomic E-state index is 14.6. The summed E-state index contributed by atoms with van der Waals surface area (Å²) in [7, 11) is -4.25. The normalized spacial score (nSPS) is 14.1. The molecule has 0 spiro atoms. The molecule has 1 N–H and O–H groups in total. The van der Waals surface area contributed by atoms with Crippen molar-refractivity contribution in [1.82, 2.24) is 10.2 Å². The lowest BCUT2D eigenvalue weighted by atomic mass is 10.0. The molecular formula is C36H37Cl2N3O4S. The van der Waals surface area contributed by atoms with E-state index in [4.69, 9.17) is 23.2 Å². The Morgan fingerprint density at radius 2 is 1.52 bits per heavy atom. The minimum Gasteiger partial charge on any atom is -0.352 e. The first kappa shape index (κ1) is 33.5. The molecule has 0 saturated heterocycles. The standard InChI is InChI=1S/C36H37Cl2N3O4S/c1-26-10-5-6-13-28(26)24-40(34(22-27-11-3-2-4-12-27)36(43)39-31-15-7-8-16-31)35(42)25-41(32-17-9-14-30(38)23-32)46(44,45)33-20-18-29(37)19-21-33/h2-6,9-14,17-21,23,31,34H,7-8,15-16,22,24-25H2,1H3,(H,39,43)/t34-/m1/s1. The molecule has 5 rings (SSSR count). The first-order chi connectivity index (χ1) is 22.1. The number of hydrogen-bond donors (Lipinski definition) is 1. The van der Waals surface area contributed by atoms with Crippen LogP contribution in [0.25, 0.3) is 0 Å². The Morgan fingerprint density at radius 3 is 2.20 bits per heavy atom. The van der Waals surface area contributed by atoms with Crippen molar-refractivity contribution in [2.45, 2.75) is 62.6 Å². The van der Waals surface area contributed by atoms with Crippen molar-refractivity contribution in [1.29, 1.82) is 0 Å². The van der Waals surface area contributed by atoms with Crippen molar-refractivity contribution in [3.63, 3.8) is 0 Å². The SMILES string of the molecule is Cc1ccccc1CN(C(=O)CN(c1cccc(Cl)c1)S(=O)(=O)c1ccc(Cl)cc1)[C@H](Cc1ccccc1)C(=O)NC1CCCC1. The average Bonchev–Trinajstić information content (AvgIpc) is 3.56. The number of benzene rings is 4. The quantitative estimate of drug-likeness (QED) is 0.172. The van der Waals surface area contributed by atoms with Crippen LogP contribution in [-0.2, 0) is 32.6 Å². The smallest absolute Gasteiger partial charge is 0.264 e. The molecule has 0 radical (unpaired) electrons. The van der Waals surface area contributed by atoms with Gasteiger partial charge in [0.2, 0.25) is 11.8 Å². The molecule has 0 bridgehead atoms. The average molecular weight is 679 g/mol. The Hall–Kier alpha value is -3.85. The van der Waals surface area contributed by atoms with Crippen LogP contribution >= 0.6 is 23.2 Å². The van der Waals surface area contributed by atoms with Crippen molar-refractivity contribution in [3.05, 3.63) is 130 Å². The summed E-state index contributed by atoms with van der Waals surface area (Å²) in [5, 5.41) is 3.89. The van der Waals surface area contributed by atoms with E-state index in [9.17, 15) is 18.0 Å². The fourth-order valence-electron chi connectivity index (χ4n) is 5.79. The van der Waals surface area contributed by atoms with E-state index in [0.29, 0.717) is 10.0 Å². The van der Waals surface area contributed by atoms with Crippen molar-refractivity contribution in [2.75, 3.05) is 10.8 Å². The van der Waals surface area contributed by atoms with Gasteiger partial charge in [0.25, 0.3) is 10.0 Å². The molecule has 46 heavy (non-hydrogen) atoms. The molecule has 0 aromatic heterocycles. The van der Waals surface area contributed by atoms with Crippen LogP contribution in [-0.4, -0.2) is 43.8 Å². The van der Waals surface area contributed by atoms with Crippen molar-refractivity contribution < 1.29 is 18.0 Å². The van der Waals surface area contributed by atoms with Gasteiger partial charge in [0, 0.05) is 29.1 Å². The highest BCUT2D eigenvalue weighted by molar-refractivity contribution is 7.92. The van der Waals surface area contributed by atoms with Gasteiger partial charge in [-0.2, -0.15) is 0 Å². The van der Waals surface area contributed by atoms with Crippen LogP contribution in [0.2, 0.25) is 10.0 Å². The lowest BCUT2D eigenvalue weighted by Gasteiger charge is -2.34. The third kappa shape index (κ3) is 8.29. The molecule has 4 aromatic carbocycles. The Balaban J connectivity index is 1.57. The van der Waals surface area contributed by atoms with Gasteiger partial charge in [0.05, 0.1) is 10.6 Å². The summed E-state index contributed by atoms with van der Waals surface area (Å²) in [4.78, 5) is 30.2. The predicted molar refractivity (Wildman–Crippen MR) is 183 cm³/mol. The summed E-state index contributed by atoms with van der Waals surface area (Å²) in [5.41, 5.74) is 2.92. The number of carbonyl (C=O) groups is 2. The molecule has 0 heterocycles. The van der Waals surface area contributed by atoms with Crippen LogP contribution in [0, 0.1) is 6.92 Å². The number of nitrogens with one attached hydrogen (secondary N) is 1. The highest BCUT2D eigenvalue weighted by Crippen LogP contribution is 2.28. The van der Waals surface area contributed by atoms with Crippen LogP contribution in [0.4, 0.5) is 5.69 Å². The summed E-state index contributed by atoms with van der Waals surface area (Å²) < 4.78 is 29.3. The van der Waals surface area contributed by atoms with Gasteiger partial charge >= 0.3 is 0 Å². The first-order valence-electron chi connectivity index (χ1n) is 15.3. The zero-order valence-electron chi connectivity index (χ0n) is 25.6. The maximum Gasteiger partial charge on any atom is 0.264 e. The predicted octanol–water partition coefficient (Wildman–Crippen LogP) is 7.20. The molecular weight excluding hydrogens is 641 g/mol. The van der Waals surface area contributed by atoms with E-state index >= 15 is 0 Å². The molecule has 1 aliphatic rings. The van der Waals surface area contributed by atoms with E-state index in [1.54, 1.807) is 18.2 Å². The van der Waals surface area contributed by atoms with Crippen LogP contribution in [0.3, 0.4) is 0 Å². The number of anilines is 1. The van der Waals surface area contributed by atoms with Gasteiger partial charge in [0.1, 0.15) is 12.6 Å². The minimum atomic E-state index is -4.25. The number of rotatable bonds is 12. The molecule has 2 amide bonds. The number of sulfonamides is 1. The lowest BCUT2D eigenvalue weighted by Crippen LogP contribution is -2.54. The third-order valence-electron chi connectivity index (χ3n) is 8.35. The van der Waals surface area contributed by atoms with E-state index in [2.05, 4.69) is 5.32 Å². The second kappa shape index (κ2) is 15.2. The Labute approximate surface area is 281 Å². The van der Waals surface area contributed by atoms with Gasteiger partial charge in [-0.3, -0.25) is 13.9 Å². The van der Waals surface area contributed by atoms with Gasteiger partial charge in [-0.1, -0.05) is 96.7 Å². The molecule has 4 aromatic rings. The van der Waals surface area contributed by atoms with Crippen LogP contribution in [0.1, 0.15) is 42.4 Å². The van der Waals surface area contributed by atoms with Gasteiger partial charge in [-0.25, -0.2) is 8.42 Å². The topological polar surface area (TPSA) is 86.8 Å². The molecule has 7 nitrogen and oxygen atoms in total. The van der Waals surface area contributed by atoms with Gasteiger partial charge in [-0.15, -0.1) is 0 Å². The molecule has 1 atom stereocenters. The third-order valence-corrected chi connectivity index (χ3v) is 10.6. The summed E-state index contributed by atoms with van der Waals surface area (Å²) >= 11 is 12.4. The second-order valence-corrected chi connectivity index (χ2v) is 14.3. The van der Waals surface area contributed by atoms with E-state index < -0.39 is 28.5 Å². The van der Waals surface area contributed by atoms with Gasteiger partial charge < -0.3 is 10.2 Å². The molecule has 0 aliphatic heterocycles. The number of carbonyl (C=O) groups excluding carboxylic acids is 2. The van der Waals surface area contributed by atoms with E-state index in [1.807, 2.05) is 61.5 Å². The monoisotopic (exact) mass is 677 g/mol. The zero-order chi connectivity index (χ0) is 32.7. The summed E-state index contributed by atoms with van der Waals surface area (Å²) in [6.45, 7) is 1.51. The fraction of sp³-hybridized carbons (Fsp3) is 0.278. The van der Waals surface area contributed by atoms with Gasteiger partial charge in [-0.05, 0) is 78.9 Å². The maximum absolute atomic E-state index is 14.6. The zero-order valence-corrected chi connectivity index (χ0v) is 27.9. The largest absolute Gasteiger partial charge is 0.352 e. The summed E-state index contributed by atoms with van der Waals surface area (Å²) in [5.74, 6) is -0.782. The number of hydrogen-bond acceptors (Lipinski definition) is 4. The minimum absolute atomic E-state index is 0.0325. The van der Waals surface area contributed by atoms with E-state index in [1.165, 1.54) is 35.2 Å². The highest BCUT2D eigenvalue weighted by Gasteiger charge is 2.35. The van der Waals surface area contributed by atoms with E-state index in [-0.39, 0.29) is 35.5 Å². The Morgan fingerprint density at radius 1 is 0.848 bits per heavy atom. The van der Waals surface area contributed by atoms with Crippen molar-refractivity contribution in [2.24, 2.45) is 0 Å². The molecule has 1 fully saturated rings. The molecule has 1 saturated carbocycles. The molecule has 240 valence electrons. The summed E-state index contributed by atoms with van der Waals surface area (Å²) in [6.07, 6.45) is 4.11. The van der Waals surface area contributed by atoms with Crippen LogP contribution in [0.15, 0.2) is 108 Å². The molecule has 0 unspecified atom stereocenters. The summed E-state index contributed by atoms with van der Waals surface area (Å²) in [6, 6.07) is 28.5. The number of amides is 2.